The molecule has 4 rings (SSSR count). The molecule has 28 heavy (non-hydrogen) atoms. The molecule has 1 saturated heterocycles. The molecule has 1 N–H and O–H groups in total. The van der Waals surface area contributed by atoms with Gasteiger partial charge in [-0.3, -0.25) is 4.90 Å². The highest BCUT2D eigenvalue weighted by Crippen LogP contribution is 2.22. The van der Waals surface area contributed by atoms with Gasteiger partial charge in [-0.05, 0) is 35.2 Å². The second kappa shape index (κ2) is 8.71. The fraction of sp³-hybridized carbons (Fsp3) is 0.409. The average Bonchev–Trinajstić information content (AvgIpc) is 2.75. The Labute approximate surface area is 165 Å². The Morgan fingerprint density at radius 1 is 1.04 bits per heavy atom. The largest absolute Gasteiger partial charge is 0.379 e. The van der Waals surface area contributed by atoms with Crippen LogP contribution in [-0.2, 0) is 17.7 Å². The topological polar surface area (TPSA) is 44.8 Å². The molecule has 0 saturated carbocycles. The Morgan fingerprint density at radius 2 is 1.75 bits per heavy atom. The van der Waals surface area contributed by atoms with E-state index in [-0.39, 0.29) is 17.9 Å². The molecule has 0 bridgehead atoms. The van der Waals surface area contributed by atoms with Crippen molar-refractivity contribution < 1.29 is 13.9 Å². The molecule has 0 aliphatic carbocycles. The van der Waals surface area contributed by atoms with Gasteiger partial charge in [0, 0.05) is 32.7 Å². The number of benzene rings is 2. The summed E-state index contributed by atoms with van der Waals surface area (Å²) >= 11 is 0. The van der Waals surface area contributed by atoms with E-state index in [0.29, 0.717) is 26.3 Å². The molecule has 2 aromatic carbocycles. The third kappa shape index (κ3) is 4.34. The van der Waals surface area contributed by atoms with Gasteiger partial charge in [0.2, 0.25) is 0 Å². The first kappa shape index (κ1) is 18.9. The fourth-order valence-corrected chi connectivity index (χ4v) is 4.00. The number of hydrogen-bond acceptors (Lipinski definition) is 3. The van der Waals surface area contributed by atoms with Crippen LogP contribution >= 0.6 is 0 Å². The summed E-state index contributed by atoms with van der Waals surface area (Å²) in [5, 5.41) is 3.10. The lowest BCUT2D eigenvalue weighted by atomic mass is 10.0. The predicted octanol–water partition coefficient (Wildman–Crippen LogP) is 2.97. The van der Waals surface area contributed by atoms with Crippen molar-refractivity contribution in [3.63, 3.8) is 0 Å². The molecule has 2 amide bonds. The molecule has 148 valence electrons. The van der Waals surface area contributed by atoms with Gasteiger partial charge in [0.15, 0.2) is 0 Å². The zero-order valence-corrected chi connectivity index (χ0v) is 15.9. The van der Waals surface area contributed by atoms with E-state index in [2.05, 4.69) is 22.3 Å². The second-order valence-corrected chi connectivity index (χ2v) is 7.34. The number of carbonyl (C=O) groups excluding carboxylic acids is 1. The van der Waals surface area contributed by atoms with Crippen molar-refractivity contribution in [3.05, 3.63) is 71.0 Å². The molecular weight excluding hydrogens is 357 g/mol. The first-order chi connectivity index (χ1) is 13.7. The summed E-state index contributed by atoms with van der Waals surface area (Å²) in [7, 11) is 0. The van der Waals surface area contributed by atoms with E-state index in [1.165, 1.54) is 23.3 Å². The minimum Gasteiger partial charge on any atom is -0.379 e. The molecule has 5 nitrogen and oxygen atoms in total. The maximum absolute atomic E-state index is 13.4. The highest BCUT2D eigenvalue weighted by Gasteiger charge is 2.25. The molecule has 6 heteroatoms. The zero-order valence-electron chi connectivity index (χ0n) is 15.9. The molecule has 2 aromatic rings. The Kier molecular flexibility index (Phi) is 5.88. The van der Waals surface area contributed by atoms with Crippen molar-refractivity contribution in [2.45, 2.75) is 19.0 Å². The van der Waals surface area contributed by atoms with Crippen LogP contribution in [0, 0.1) is 5.82 Å². The van der Waals surface area contributed by atoms with E-state index in [4.69, 9.17) is 4.74 Å². The molecular formula is C22H26FN3O2. The number of amides is 2. The van der Waals surface area contributed by atoms with Gasteiger partial charge in [-0.25, -0.2) is 9.18 Å². The number of halogens is 1. The SMILES string of the molecule is O=C(NC[C@H](c1ccc(F)cc1)N1CCOCC1)N1CCc2ccccc2C1. The molecule has 2 aliphatic heterocycles. The van der Waals surface area contributed by atoms with Crippen LogP contribution < -0.4 is 5.32 Å². The number of morpholine rings is 1. The van der Waals surface area contributed by atoms with Gasteiger partial charge in [-0.2, -0.15) is 0 Å². The molecule has 1 fully saturated rings. The quantitative estimate of drug-likeness (QED) is 0.883. The van der Waals surface area contributed by atoms with Gasteiger partial charge in [0.25, 0.3) is 0 Å². The van der Waals surface area contributed by atoms with Crippen molar-refractivity contribution in [2.75, 3.05) is 39.4 Å². The maximum atomic E-state index is 13.4. The normalized spacial score (nSPS) is 18.4. The van der Waals surface area contributed by atoms with E-state index in [1.54, 1.807) is 12.1 Å². The Balaban J connectivity index is 1.42. The van der Waals surface area contributed by atoms with Crippen molar-refractivity contribution in [2.24, 2.45) is 0 Å². The lowest BCUT2D eigenvalue weighted by molar-refractivity contribution is 0.0164. The van der Waals surface area contributed by atoms with Crippen LogP contribution in [0.2, 0.25) is 0 Å². The van der Waals surface area contributed by atoms with Crippen LogP contribution in [-0.4, -0.2) is 55.2 Å². The minimum atomic E-state index is -0.250. The summed E-state index contributed by atoms with van der Waals surface area (Å²) in [4.78, 5) is 17.0. The lowest BCUT2D eigenvalue weighted by Crippen LogP contribution is -2.47. The van der Waals surface area contributed by atoms with E-state index in [0.717, 1.165) is 31.6 Å². The number of ether oxygens (including phenoxy) is 1. The maximum Gasteiger partial charge on any atom is 0.317 e. The van der Waals surface area contributed by atoms with E-state index < -0.39 is 0 Å². The first-order valence-electron chi connectivity index (χ1n) is 9.87. The molecule has 1 atom stereocenters. The number of nitrogens with zero attached hydrogens (tertiary/aromatic N) is 2. The van der Waals surface area contributed by atoms with E-state index in [9.17, 15) is 9.18 Å². The highest BCUT2D eigenvalue weighted by molar-refractivity contribution is 5.74. The van der Waals surface area contributed by atoms with Crippen molar-refractivity contribution in [1.29, 1.82) is 0 Å². The van der Waals surface area contributed by atoms with Gasteiger partial charge >= 0.3 is 6.03 Å². The predicted molar refractivity (Wildman–Crippen MR) is 105 cm³/mol. The van der Waals surface area contributed by atoms with Crippen molar-refractivity contribution in [3.8, 4) is 0 Å². The summed E-state index contributed by atoms with van der Waals surface area (Å²) in [5.41, 5.74) is 3.55. The summed E-state index contributed by atoms with van der Waals surface area (Å²) in [6.45, 7) is 4.80. The molecule has 0 radical (unpaired) electrons. The van der Waals surface area contributed by atoms with Crippen molar-refractivity contribution >= 4 is 6.03 Å². The molecule has 0 aromatic heterocycles. The number of carbonyl (C=O) groups is 1. The second-order valence-electron chi connectivity index (χ2n) is 7.34. The lowest BCUT2D eigenvalue weighted by Gasteiger charge is -2.36. The van der Waals surface area contributed by atoms with Crippen LogP contribution in [0.15, 0.2) is 48.5 Å². The van der Waals surface area contributed by atoms with Gasteiger partial charge in [0.05, 0.1) is 19.3 Å². The molecule has 0 spiro atoms. The van der Waals surface area contributed by atoms with Gasteiger partial charge in [-0.1, -0.05) is 36.4 Å². The smallest absolute Gasteiger partial charge is 0.317 e. The van der Waals surface area contributed by atoms with Crippen molar-refractivity contribution in [1.82, 2.24) is 15.1 Å². The fourth-order valence-electron chi connectivity index (χ4n) is 4.00. The average molecular weight is 383 g/mol. The number of rotatable bonds is 4. The van der Waals surface area contributed by atoms with Crippen LogP contribution in [0.3, 0.4) is 0 Å². The summed E-state index contributed by atoms with van der Waals surface area (Å²) < 4.78 is 18.8. The molecule has 2 heterocycles. The standard InChI is InChI=1S/C22H26FN3O2/c23-20-7-5-18(6-8-20)21(25-11-13-28-14-12-25)15-24-22(27)26-10-9-17-3-1-2-4-19(17)16-26/h1-8,21H,9-16H2,(H,24,27)/t21-/m1/s1. The number of fused-ring (bicyclic) bond motifs is 1. The van der Waals surface area contributed by atoms with Gasteiger partial charge in [-0.15, -0.1) is 0 Å². The third-order valence-electron chi connectivity index (χ3n) is 5.61. The van der Waals surface area contributed by atoms with Crippen LogP contribution in [0.5, 0.6) is 0 Å². The summed E-state index contributed by atoms with van der Waals surface area (Å²) in [6.07, 6.45) is 0.883. The van der Waals surface area contributed by atoms with E-state index in [1.807, 2.05) is 17.0 Å². The number of hydrogen-bond donors (Lipinski definition) is 1. The number of nitrogens with one attached hydrogen (secondary N) is 1. The van der Waals surface area contributed by atoms with Gasteiger partial charge < -0.3 is 15.0 Å². The Hall–Kier alpha value is -2.44. The highest BCUT2D eigenvalue weighted by atomic mass is 19.1. The molecule has 2 aliphatic rings. The Bertz CT molecular complexity index is 806. The van der Waals surface area contributed by atoms with Gasteiger partial charge in [0.1, 0.15) is 5.82 Å². The van der Waals surface area contributed by atoms with Crippen LogP contribution in [0.1, 0.15) is 22.7 Å². The molecule has 0 unspecified atom stereocenters. The number of urea groups is 1. The monoisotopic (exact) mass is 383 g/mol. The summed E-state index contributed by atoms with van der Waals surface area (Å²) in [6, 6.07) is 14.8. The van der Waals surface area contributed by atoms with Crippen LogP contribution in [0.25, 0.3) is 0 Å². The van der Waals surface area contributed by atoms with E-state index >= 15 is 0 Å². The van der Waals surface area contributed by atoms with Crippen LogP contribution in [0.4, 0.5) is 9.18 Å². The minimum absolute atomic E-state index is 0.00512. The Morgan fingerprint density at radius 3 is 2.50 bits per heavy atom. The zero-order chi connectivity index (χ0) is 19.3. The first-order valence-corrected chi connectivity index (χ1v) is 9.87. The third-order valence-corrected chi connectivity index (χ3v) is 5.61. The summed E-state index contributed by atoms with van der Waals surface area (Å²) in [5.74, 6) is -0.250.